The van der Waals surface area contributed by atoms with E-state index >= 15 is 0 Å². The van der Waals surface area contributed by atoms with E-state index in [-0.39, 0.29) is 17.3 Å². The van der Waals surface area contributed by atoms with E-state index in [0.29, 0.717) is 38.9 Å². The van der Waals surface area contributed by atoms with Crippen molar-refractivity contribution in [2.45, 2.75) is 16.7 Å². The predicted molar refractivity (Wildman–Crippen MR) is 165 cm³/mol. The highest BCUT2D eigenvalue weighted by Crippen LogP contribution is 2.36. The summed E-state index contributed by atoms with van der Waals surface area (Å²) in [5, 5.41) is 10.0. The zero-order valence-electron chi connectivity index (χ0n) is 23.0. The SMILES string of the molecule is COc1cccc(-n2c(SCC(=O)OCc3ccccc3)nnc2-c2cn(S(=O)(=O)c3ccccc3)c3ccccc23)c1. The lowest BCUT2D eigenvalue weighted by molar-refractivity contribution is -0.141. The monoisotopic (exact) mass is 610 g/mol. The molecule has 0 saturated carbocycles. The Morgan fingerprint density at radius 2 is 1.58 bits per heavy atom. The molecular weight excluding hydrogens is 585 g/mol. The van der Waals surface area contributed by atoms with Crippen molar-refractivity contribution in [3.05, 3.63) is 121 Å². The molecule has 6 rings (SSSR count). The molecule has 0 radical (unpaired) electrons. The van der Waals surface area contributed by atoms with E-state index in [1.54, 1.807) is 60.3 Å². The first-order valence-corrected chi connectivity index (χ1v) is 15.7. The summed E-state index contributed by atoms with van der Waals surface area (Å²) < 4.78 is 41.4. The summed E-state index contributed by atoms with van der Waals surface area (Å²) >= 11 is 1.18. The van der Waals surface area contributed by atoms with Gasteiger partial charge in [0.1, 0.15) is 12.4 Å². The van der Waals surface area contributed by atoms with Crippen molar-refractivity contribution in [3.63, 3.8) is 0 Å². The van der Waals surface area contributed by atoms with Gasteiger partial charge >= 0.3 is 5.97 Å². The number of nitrogens with zero attached hydrogens (tertiary/aromatic N) is 4. The van der Waals surface area contributed by atoms with Crippen LogP contribution in [0.15, 0.2) is 125 Å². The summed E-state index contributed by atoms with van der Waals surface area (Å²) in [4.78, 5) is 12.8. The maximum atomic E-state index is 13.7. The summed E-state index contributed by atoms with van der Waals surface area (Å²) in [6.45, 7) is 0.170. The molecule has 11 heteroatoms. The molecule has 0 aliphatic rings. The van der Waals surface area contributed by atoms with Crippen LogP contribution in [0.5, 0.6) is 5.75 Å². The van der Waals surface area contributed by atoms with Gasteiger partial charge in [-0.2, -0.15) is 0 Å². The smallest absolute Gasteiger partial charge is 0.316 e. The highest BCUT2D eigenvalue weighted by Gasteiger charge is 2.25. The molecule has 6 aromatic rings. The van der Waals surface area contributed by atoms with Crippen LogP contribution in [0.25, 0.3) is 28.0 Å². The molecule has 0 amide bonds. The molecule has 2 heterocycles. The Morgan fingerprint density at radius 1 is 0.860 bits per heavy atom. The Labute approximate surface area is 252 Å². The number of hydrogen-bond donors (Lipinski definition) is 0. The third-order valence-electron chi connectivity index (χ3n) is 6.73. The van der Waals surface area contributed by atoms with Crippen LogP contribution in [-0.2, 0) is 26.2 Å². The zero-order valence-corrected chi connectivity index (χ0v) is 24.7. The Morgan fingerprint density at radius 3 is 2.35 bits per heavy atom. The summed E-state index contributed by atoms with van der Waals surface area (Å²) in [5.74, 6) is 0.622. The summed E-state index contributed by atoms with van der Waals surface area (Å²) in [6.07, 6.45) is 1.57. The van der Waals surface area contributed by atoms with Crippen LogP contribution in [0.4, 0.5) is 0 Å². The van der Waals surface area contributed by atoms with E-state index < -0.39 is 16.0 Å². The van der Waals surface area contributed by atoms with Crippen molar-refractivity contribution in [2.75, 3.05) is 12.9 Å². The molecular formula is C32H26N4O5S2. The lowest BCUT2D eigenvalue weighted by Gasteiger charge is -2.11. The van der Waals surface area contributed by atoms with Gasteiger partial charge in [-0.3, -0.25) is 9.36 Å². The number of thioether (sulfide) groups is 1. The van der Waals surface area contributed by atoms with Gasteiger partial charge in [-0.15, -0.1) is 10.2 Å². The molecule has 2 aromatic heterocycles. The average Bonchev–Trinajstić information content (AvgIpc) is 3.66. The van der Waals surface area contributed by atoms with Crippen molar-refractivity contribution < 1.29 is 22.7 Å². The number of methoxy groups -OCH3 is 1. The zero-order chi connectivity index (χ0) is 29.8. The number of esters is 1. The summed E-state index contributed by atoms with van der Waals surface area (Å²) in [6, 6.07) is 32.3. The Hall–Kier alpha value is -4.87. The van der Waals surface area contributed by atoms with Gasteiger partial charge in [-0.25, -0.2) is 12.4 Å². The van der Waals surface area contributed by atoms with Crippen LogP contribution < -0.4 is 4.74 Å². The molecule has 0 aliphatic heterocycles. The van der Waals surface area contributed by atoms with Crippen LogP contribution in [-0.4, -0.2) is 46.0 Å². The first-order valence-electron chi connectivity index (χ1n) is 13.3. The molecule has 0 unspecified atom stereocenters. The third kappa shape index (κ3) is 5.77. The summed E-state index contributed by atoms with van der Waals surface area (Å²) in [7, 11) is -2.34. The first kappa shape index (κ1) is 28.3. The second-order valence-corrected chi connectivity index (χ2v) is 12.2. The fourth-order valence-corrected chi connectivity index (χ4v) is 6.80. The first-order chi connectivity index (χ1) is 21.0. The van der Waals surface area contributed by atoms with Gasteiger partial charge in [0, 0.05) is 23.2 Å². The number of rotatable bonds is 10. The van der Waals surface area contributed by atoms with Crippen LogP contribution in [0.3, 0.4) is 0 Å². The number of benzene rings is 4. The van der Waals surface area contributed by atoms with Crippen LogP contribution >= 0.6 is 11.8 Å². The van der Waals surface area contributed by atoms with Crippen LogP contribution in [0.2, 0.25) is 0 Å². The number of carbonyl (C=O) groups excluding carboxylic acids is 1. The number of ether oxygens (including phenoxy) is 2. The maximum absolute atomic E-state index is 13.7. The largest absolute Gasteiger partial charge is 0.497 e. The van der Waals surface area contributed by atoms with Gasteiger partial charge in [0.05, 0.1) is 29.0 Å². The standard InChI is InChI=1S/C32H26N4O5S2/c1-40-25-14-10-13-24(19-25)36-31(33-34-32(36)42-22-30(37)41-21-23-11-4-2-5-12-23)28-20-35(29-18-9-8-17-27(28)29)43(38,39)26-15-6-3-7-16-26/h2-20H,21-22H2,1H3. The lowest BCUT2D eigenvalue weighted by atomic mass is 10.1. The molecule has 0 saturated heterocycles. The third-order valence-corrected chi connectivity index (χ3v) is 9.32. The quantitative estimate of drug-likeness (QED) is 0.138. The maximum Gasteiger partial charge on any atom is 0.316 e. The second kappa shape index (κ2) is 12.2. The van der Waals surface area contributed by atoms with Crippen molar-refractivity contribution in [1.82, 2.24) is 18.7 Å². The molecule has 0 spiro atoms. The second-order valence-electron chi connectivity index (χ2n) is 9.45. The van der Waals surface area contributed by atoms with E-state index in [1.165, 1.54) is 15.7 Å². The van der Waals surface area contributed by atoms with Gasteiger partial charge in [-0.1, -0.05) is 84.6 Å². The van der Waals surface area contributed by atoms with E-state index in [2.05, 4.69) is 10.2 Å². The van der Waals surface area contributed by atoms with E-state index in [4.69, 9.17) is 9.47 Å². The topological polar surface area (TPSA) is 105 Å². The molecule has 0 aliphatic carbocycles. The lowest BCUT2D eigenvalue weighted by Crippen LogP contribution is -2.11. The molecule has 0 atom stereocenters. The minimum atomic E-state index is -3.91. The summed E-state index contributed by atoms with van der Waals surface area (Å²) in [5.41, 5.74) is 2.64. The van der Waals surface area contributed by atoms with Crippen LogP contribution in [0, 0.1) is 0 Å². The molecule has 0 bridgehead atoms. The Bertz CT molecular complexity index is 2010. The molecule has 43 heavy (non-hydrogen) atoms. The molecule has 4 aromatic carbocycles. The van der Waals surface area contributed by atoms with Crippen molar-refractivity contribution in [1.29, 1.82) is 0 Å². The normalized spacial score (nSPS) is 11.5. The van der Waals surface area contributed by atoms with Gasteiger partial charge in [-0.05, 0) is 35.9 Å². The fourth-order valence-electron chi connectivity index (χ4n) is 4.66. The molecule has 9 nitrogen and oxygen atoms in total. The number of hydrogen-bond acceptors (Lipinski definition) is 8. The number of fused-ring (bicyclic) bond motifs is 1. The van der Waals surface area contributed by atoms with E-state index in [1.807, 2.05) is 66.7 Å². The van der Waals surface area contributed by atoms with Crippen molar-refractivity contribution in [3.8, 4) is 22.8 Å². The minimum absolute atomic E-state index is 0.000911. The van der Waals surface area contributed by atoms with Crippen molar-refractivity contribution >= 4 is 38.7 Å². The number of para-hydroxylation sites is 1. The predicted octanol–water partition coefficient (Wildman–Crippen LogP) is 5.97. The molecule has 0 N–H and O–H groups in total. The van der Waals surface area contributed by atoms with Crippen LogP contribution in [0.1, 0.15) is 5.56 Å². The fraction of sp³-hybridized carbons (Fsp3) is 0.0938. The highest BCUT2D eigenvalue weighted by molar-refractivity contribution is 7.99. The molecule has 216 valence electrons. The number of carbonyl (C=O) groups is 1. The van der Waals surface area contributed by atoms with Gasteiger partial charge in [0.2, 0.25) is 0 Å². The van der Waals surface area contributed by atoms with Gasteiger partial charge in [0.15, 0.2) is 11.0 Å². The highest BCUT2D eigenvalue weighted by atomic mass is 32.2. The van der Waals surface area contributed by atoms with E-state index in [9.17, 15) is 13.2 Å². The van der Waals surface area contributed by atoms with Gasteiger partial charge in [0.25, 0.3) is 10.0 Å². The minimum Gasteiger partial charge on any atom is -0.497 e. The van der Waals surface area contributed by atoms with Crippen molar-refractivity contribution in [2.24, 2.45) is 0 Å². The number of aromatic nitrogens is 4. The average molecular weight is 611 g/mol. The Kier molecular flexibility index (Phi) is 7.99. The molecule has 0 fully saturated rings. The van der Waals surface area contributed by atoms with E-state index in [0.717, 1.165) is 5.56 Å². The van der Waals surface area contributed by atoms with Gasteiger partial charge < -0.3 is 9.47 Å². The Balaban J connectivity index is 1.41.